The summed E-state index contributed by atoms with van der Waals surface area (Å²) >= 11 is 0. The average molecular weight is 477 g/mol. The zero-order valence-corrected chi connectivity index (χ0v) is 20.4. The van der Waals surface area contributed by atoms with Crippen molar-refractivity contribution in [3.05, 3.63) is 54.9 Å². The van der Waals surface area contributed by atoms with Crippen molar-refractivity contribution in [1.29, 1.82) is 0 Å². The van der Waals surface area contributed by atoms with Crippen molar-refractivity contribution < 1.29 is 33.6 Å². The highest BCUT2D eigenvalue weighted by Crippen LogP contribution is 2.27. The first-order valence-corrected chi connectivity index (χ1v) is 11.0. The Bertz CT molecular complexity index is 854. The van der Waals surface area contributed by atoms with E-state index in [9.17, 15) is 14.7 Å². The number of amides is 1. The number of aromatic nitrogens is 1. The number of esters is 1. The van der Waals surface area contributed by atoms with Gasteiger partial charge in [0, 0.05) is 45.4 Å². The molecule has 1 fully saturated rings. The van der Waals surface area contributed by atoms with E-state index >= 15 is 0 Å². The standard InChI is InChI=1S/C18H26N2O7.C7H10/c1-11-10-12(5-8-24-2)26-9-6-13(18(23)27-11)20-17(22)15-16(21)14(25-3)4-7-19-15;1-4-6-7(3)5-2/h4,7,11-13,21H,5-6,8-10H2,1-3H3,(H,20,22);4-6H,1-2H2,3H3/b;7-6-/t11?,12?,13-;/m0./s1. The van der Waals surface area contributed by atoms with Crippen LogP contribution in [0, 0.1) is 0 Å². The van der Waals surface area contributed by atoms with Crippen LogP contribution in [0.2, 0.25) is 0 Å². The van der Waals surface area contributed by atoms with E-state index in [1.54, 1.807) is 26.2 Å². The summed E-state index contributed by atoms with van der Waals surface area (Å²) in [7, 11) is 2.98. The minimum absolute atomic E-state index is 0.0914. The molecule has 0 radical (unpaired) electrons. The van der Waals surface area contributed by atoms with Crippen LogP contribution in [0.15, 0.2) is 49.2 Å². The Hall–Kier alpha value is -3.17. The molecular weight excluding hydrogens is 440 g/mol. The number of nitrogens with zero attached hydrogens (tertiary/aromatic N) is 1. The van der Waals surface area contributed by atoms with Gasteiger partial charge in [-0.2, -0.15) is 0 Å². The van der Waals surface area contributed by atoms with Gasteiger partial charge in [0.15, 0.2) is 17.2 Å². The second-order valence-electron chi connectivity index (χ2n) is 7.63. The van der Waals surface area contributed by atoms with Gasteiger partial charge < -0.3 is 29.4 Å². The fraction of sp³-hybridized carbons (Fsp3) is 0.480. The third-order valence-corrected chi connectivity index (χ3v) is 4.93. The lowest BCUT2D eigenvalue weighted by Crippen LogP contribution is -2.43. The third-order valence-electron chi connectivity index (χ3n) is 4.93. The van der Waals surface area contributed by atoms with Crippen molar-refractivity contribution in [1.82, 2.24) is 10.3 Å². The van der Waals surface area contributed by atoms with Crippen molar-refractivity contribution in [3.8, 4) is 11.5 Å². The minimum Gasteiger partial charge on any atom is -0.503 e. The number of allylic oxidation sites excluding steroid dienone is 4. The molecule has 0 spiro atoms. The third kappa shape index (κ3) is 9.76. The fourth-order valence-corrected chi connectivity index (χ4v) is 3.07. The molecule has 1 aliphatic heterocycles. The van der Waals surface area contributed by atoms with Crippen LogP contribution in [0.5, 0.6) is 11.5 Å². The molecule has 0 bridgehead atoms. The maximum Gasteiger partial charge on any atom is 0.329 e. The van der Waals surface area contributed by atoms with Crippen LogP contribution in [0.25, 0.3) is 0 Å². The van der Waals surface area contributed by atoms with Crippen molar-refractivity contribution in [2.24, 2.45) is 0 Å². The molecule has 0 aromatic carbocycles. The number of pyridine rings is 1. The number of carbonyl (C=O) groups is 2. The van der Waals surface area contributed by atoms with Crippen LogP contribution in [-0.4, -0.2) is 67.7 Å². The highest BCUT2D eigenvalue weighted by atomic mass is 16.5. The number of nitrogens with one attached hydrogen (secondary N) is 1. The molecule has 1 saturated heterocycles. The summed E-state index contributed by atoms with van der Waals surface area (Å²) < 4.78 is 21.3. The maximum absolute atomic E-state index is 12.5. The van der Waals surface area contributed by atoms with Gasteiger partial charge >= 0.3 is 5.97 Å². The van der Waals surface area contributed by atoms with Gasteiger partial charge in [0.1, 0.15) is 12.1 Å². The second kappa shape index (κ2) is 15.6. The maximum atomic E-state index is 12.5. The summed E-state index contributed by atoms with van der Waals surface area (Å²) in [6.07, 6.45) is 7.81. The van der Waals surface area contributed by atoms with Gasteiger partial charge in [-0.3, -0.25) is 4.79 Å². The Balaban J connectivity index is 0.000000718. The molecule has 2 rings (SSSR count). The lowest BCUT2D eigenvalue weighted by atomic mass is 10.1. The second-order valence-corrected chi connectivity index (χ2v) is 7.63. The zero-order valence-electron chi connectivity index (χ0n) is 20.4. The van der Waals surface area contributed by atoms with Gasteiger partial charge in [0.25, 0.3) is 5.91 Å². The van der Waals surface area contributed by atoms with Crippen LogP contribution in [0.3, 0.4) is 0 Å². The molecule has 1 aromatic rings. The molecule has 188 valence electrons. The van der Waals surface area contributed by atoms with E-state index in [0.717, 1.165) is 5.57 Å². The highest BCUT2D eigenvalue weighted by Gasteiger charge is 2.29. The Labute approximate surface area is 201 Å². The molecule has 2 heterocycles. The first-order chi connectivity index (χ1) is 16.3. The number of aromatic hydroxyl groups is 1. The van der Waals surface area contributed by atoms with E-state index in [0.29, 0.717) is 19.4 Å². The predicted molar refractivity (Wildman–Crippen MR) is 129 cm³/mol. The molecule has 1 amide bonds. The fourth-order valence-electron chi connectivity index (χ4n) is 3.07. The quantitative estimate of drug-likeness (QED) is 0.433. The summed E-state index contributed by atoms with van der Waals surface area (Å²) in [6, 6.07) is 0.518. The van der Waals surface area contributed by atoms with Gasteiger partial charge in [-0.05, 0) is 20.3 Å². The Morgan fingerprint density at radius 2 is 2.12 bits per heavy atom. The van der Waals surface area contributed by atoms with E-state index in [4.69, 9.17) is 18.9 Å². The zero-order chi connectivity index (χ0) is 25.5. The Kier molecular flexibility index (Phi) is 13.3. The van der Waals surface area contributed by atoms with Crippen LogP contribution < -0.4 is 10.1 Å². The normalized spacial score (nSPS) is 20.9. The first kappa shape index (κ1) is 28.9. The molecule has 1 aromatic heterocycles. The van der Waals surface area contributed by atoms with Gasteiger partial charge in [-0.15, -0.1) is 0 Å². The lowest BCUT2D eigenvalue weighted by Gasteiger charge is -2.20. The van der Waals surface area contributed by atoms with Crippen molar-refractivity contribution >= 4 is 11.9 Å². The Morgan fingerprint density at radius 3 is 2.71 bits per heavy atom. The average Bonchev–Trinajstić information content (AvgIpc) is 2.87. The van der Waals surface area contributed by atoms with E-state index < -0.39 is 23.7 Å². The summed E-state index contributed by atoms with van der Waals surface area (Å²) in [5.74, 6) is -1.52. The molecule has 0 saturated carbocycles. The van der Waals surface area contributed by atoms with Gasteiger partial charge in [-0.1, -0.05) is 37.0 Å². The van der Waals surface area contributed by atoms with E-state index in [-0.39, 0.29) is 36.7 Å². The van der Waals surface area contributed by atoms with E-state index in [2.05, 4.69) is 23.5 Å². The first-order valence-electron chi connectivity index (χ1n) is 11.0. The number of hydrogen-bond donors (Lipinski definition) is 2. The van der Waals surface area contributed by atoms with Crippen LogP contribution in [0.4, 0.5) is 0 Å². The number of methoxy groups -OCH3 is 2. The smallest absolute Gasteiger partial charge is 0.329 e. The molecule has 1 aliphatic rings. The van der Waals surface area contributed by atoms with E-state index in [1.165, 1.54) is 19.4 Å². The topological polar surface area (TPSA) is 116 Å². The number of carbonyl (C=O) groups excluding carboxylic acids is 2. The molecular formula is C25H36N2O7. The SMILES string of the molecule is C=C/C=C(/C)C=C.COCCC1CC(C)OC(=O)[C@@H](NC(=O)c2nccc(OC)c2O)CCO1. The summed E-state index contributed by atoms with van der Waals surface area (Å²) in [4.78, 5) is 28.7. The number of ether oxygens (including phenoxy) is 4. The molecule has 9 nitrogen and oxygen atoms in total. The highest BCUT2D eigenvalue weighted by molar-refractivity contribution is 5.97. The number of rotatable bonds is 8. The van der Waals surface area contributed by atoms with Crippen molar-refractivity contribution in [2.45, 2.75) is 51.4 Å². The molecule has 34 heavy (non-hydrogen) atoms. The van der Waals surface area contributed by atoms with Crippen LogP contribution in [-0.2, 0) is 19.0 Å². The molecule has 9 heteroatoms. The van der Waals surface area contributed by atoms with Crippen LogP contribution in [0.1, 0.15) is 43.6 Å². The molecule has 0 aliphatic carbocycles. The van der Waals surface area contributed by atoms with E-state index in [1.807, 2.05) is 13.0 Å². The number of cyclic esters (lactones) is 1. The summed E-state index contributed by atoms with van der Waals surface area (Å²) in [5, 5.41) is 12.6. The minimum atomic E-state index is -0.909. The largest absolute Gasteiger partial charge is 0.503 e. The molecule has 2 unspecified atom stereocenters. The molecule has 2 N–H and O–H groups in total. The monoisotopic (exact) mass is 476 g/mol. The summed E-state index contributed by atoms with van der Waals surface area (Å²) in [6.45, 7) is 11.7. The van der Waals surface area contributed by atoms with Crippen LogP contribution >= 0.6 is 0 Å². The summed E-state index contributed by atoms with van der Waals surface area (Å²) in [5.41, 5.74) is 0.920. The van der Waals surface area contributed by atoms with Gasteiger partial charge in [-0.25, -0.2) is 9.78 Å². The predicted octanol–water partition coefficient (Wildman–Crippen LogP) is 3.35. The van der Waals surface area contributed by atoms with Gasteiger partial charge in [0.05, 0.1) is 13.2 Å². The van der Waals surface area contributed by atoms with Gasteiger partial charge in [0.2, 0.25) is 0 Å². The van der Waals surface area contributed by atoms with Crippen molar-refractivity contribution in [2.75, 3.05) is 27.4 Å². The Morgan fingerprint density at radius 1 is 1.38 bits per heavy atom. The van der Waals surface area contributed by atoms with Crippen molar-refractivity contribution in [3.63, 3.8) is 0 Å². The lowest BCUT2D eigenvalue weighted by molar-refractivity contribution is -0.151. The molecule has 3 atom stereocenters. The number of hydrogen-bond acceptors (Lipinski definition) is 8.